The fourth-order valence-electron chi connectivity index (χ4n) is 0.599. The van der Waals surface area contributed by atoms with Crippen molar-refractivity contribution in [1.82, 2.24) is 0 Å². The minimum Gasteiger partial charge on any atom is -0.394 e. The number of nitrogens with two attached hydrogens (primary N) is 1. The van der Waals surface area contributed by atoms with Crippen LogP contribution in [0.25, 0.3) is 0 Å². The van der Waals surface area contributed by atoms with Crippen LogP contribution in [-0.4, -0.2) is 57.7 Å². The van der Waals surface area contributed by atoms with E-state index in [0.29, 0.717) is 0 Å². The molecule has 6 nitrogen and oxygen atoms in total. The van der Waals surface area contributed by atoms with Crippen LogP contribution in [0.4, 0.5) is 0 Å². The number of carbonyl (C=O) groups excluding carboxylic acids is 1. The number of ketones is 1. The lowest BCUT2D eigenvalue weighted by molar-refractivity contribution is -0.136. The second-order valence-electron chi connectivity index (χ2n) is 2.39. The SMILES string of the molecule is [15NH2][C@@H]([13CH2]O)C(=O)[C@H](O)[C@H](O)CO. The second-order valence-corrected chi connectivity index (χ2v) is 2.39. The van der Waals surface area contributed by atoms with E-state index in [9.17, 15) is 4.79 Å². The van der Waals surface area contributed by atoms with Gasteiger partial charge in [0.1, 0.15) is 12.2 Å². The zero-order valence-electron chi connectivity index (χ0n) is 6.42. The quantitative estimate of drug-likeness (QED) is 0.222. The van der Waals surface area contributed by atoms with Gasteiger partial charge in [-0.3, -0.25) is 4.79 Å². The van der Waals surface area contributed by atoms with Crippen molar-refractivity contribution >= 4 is 5.78 Å². The van der Waals surface area contributed by atoms with Crippen molar-refractivity contribution in [1.29, 1.82) is 0 Å². The van der Waals surface area contributed by atoms with E-state index in [1.165, 1.54) is 0 Å². The average Bonchev–Trinajstić information content (AvgIpc) is 2.12. The molecule has 6 N–H and O–H groups in total. The van der Waals surface area contributed by atoms with Crippen molar-refractivity contribution in [3.63, 3.8) is 0 Å². The highest BCUT2D eigenvalue weighted by Crippen LogP contribution is 1.96. The molecule has 0 amide bonds. The van der Waals surface area contributed by atoms with E-state index in [1.54, 1.807) is 0 Å². The Hall–Kier alpha value is -0.530. The van der Waals surface area contributed by atoms with Crippen LogP contribution in [0.3, 0.4) is 0 Å². The van der Waals surface area contributed by atoms with Crippen LogP contribution in [0.2, 0.25) is 0 Å². The smallest absolute Gasteiger partial charge is 0.182 e. The Morgan fingerprint density at radius 3 is 2.08 bits per heavy atom. The molecule has 0 unspecified atom stereocenters. The molecular weight excluding hydrogens is 168 g/mol. The summed E-state index contributed by atoms with van der Waals surface area (Å²) in [5, 5.41) is 34.5. The summed E-state index contributed by atoms with van der Waals surface area (Å²) in [6, 6.07) is -1.22. The van der Waals surface area contributed by atoms with Gasteiger partial charge in [0, 0.05) is 0 Å². The lowest BCUT2D eigenvalue weighted by Gasteiger charge is -2.16. The van der Waals surface area contributed by atoms with E-state index in [2.05, 4.69) is 0 Å². The van der Waals surface area contributed by atoms with Crippen molar-refractivity contribution in [3.05, 3.63) is 0 Å². The molecule has 0 saturated carbocycles. The molecule has 0 aromatic carbocycles. The molecule has 3 atom stereocenters. The minimum absolute atomic E-state index is 0.603. The van der Waals surface area contributed by atoms with Crippen LogP contribution in [0.15, 0.2) is 0 Å². The van der Waals surface area contributed by atoms with Gasteiger partial charge in [0.25, 0.3) is 0 Å². The predicted octanol–water partition coefficient (Wildman–Crippen LogP) is -3.41. The summed E-state index contributed by atoms with van der Waals surface area (Å²) in [6.07, 6.45) is -3.28. The van der Waals surface area contributed by atoms with Crippen molar-refractivity contribution in [2.45, 2.75) is 18.2 Å². The zero-order chi connectivity index (χ0) is 9.72. The van der Waals surface area contributed by atoms with Crippen LogP contribution in [0, 0.1) is 0 Å². The van der Waals surface area contributed by atoms with Gasteiger partial charge < -0.3 is 26.2 Å². The maximum absolute atomic E-state index is 10.9. The summed E-state index contributed by atoms with van der Waals surface area (Å²) in [6.45, 7) is -1.33. The summed E-state index contributed by atoms with van der Waals surface area (Å²) in [4.78, 5) is 10.9. The van der Waals surface area contributed by atoms with Gasteiger partial charge >= 0.3 is 0 Å². The molecule has 0 heterocycles. The molecule has 6 heteroatoms. The average molecular weight is 181 g/mol. The molecular formula is C6H13NO5. The fraction of sp³-hybridized carbons (Fsp3) is 0.833. The normalized spacial score (nSPS) is 18.4. The van der Waals surface area contributed by atoms with Gasteiger partial charge in [0.05, 0.1) is 19.3 Å². The highest BCUT2D eigenvalue weighted by Gasteiger charge is 2.27. The van der Waals surface area contributed by atoms with E-state index in [4.69, 9.17) is 26.2 Å². The van der Waals surface area contributed by atoms with E-state index in [0.717, 1.165) is 0 Å². The fourth-order valence-corrected chi connectivity index (χ4v) is 0.599. The summed E-state index contributed by atoms with van der Waals surface area (Å²) < 4.78 is 0. The molecule has 0 spiro atoms. The van der Waals surface area contributed by atoms with Crippen molar-refractivity contribution in [3.8, 4) is 0 Å². The lowest BCUT2D eigenvalue weighted by Crippen LogP contribution is -2.47. The van der Waals surface area contributed by atoms with Crippen LogP contribution in [0.5, 0.6) is 0 Å². The predicted molar refractivity (Wildman–Crippen MR) is 39.2 cm³/mol. The third kappa shape index (κ3) is 2.84. The molecule has 0 aromatic rings. The molecule has 72 valence electrons. The number of Topliss-reactive ketones (excluding diaryl/α,β-unsaturated/α-hetero) is 1. The summed E-state index contributed by atoms with van der Waals surface area (Å²) in [5.74, 6) is -0.890. The molecule has 0 fully saturated rings. The Morgan fingerprint density at radius 2 is 1.75 bits per heavy atom. The Labute approximate surface area is 69.2 Å². The number of aliphatic hydroxyl groups is 4. The summed E-state index contributed by atoms with van der Waals surface area (Å²) in [7, 11) is 0. The van der Waals surface area contributed by atoms with E-state index in [-0.39, 0.29) is 0 Å². The lowest BCUT2D eigenvalue weighted by atomic mass is 10.1. The second kappa shape index (κ2) is 5.18. The number of hydrogen-bond acceptors (Lipinski definition) is 6. The van der Waals surface area contributed by atoms with E-state index in [1.807, 2.05) is 0 Å². The monoisotopic (exact) mass is 181 g/mol. The topological polar surface area (TPSA) is 124 Å². The highest BCUT2D eigenvalue weighted by atomic mass is 16.4. The molecule has 0 aliphatic rings. The van der Waals surface area contributed by atoms with Crippen LogP contribution in [-0.2, 0) is 4.79 Å². The number of hydrogen-bond donors (Lipinski definition) is 5. The first-order valence-corrected chi connectivity index (χ1v) is 3.41. The molecule has 0 aromatic heterocycles. The van der Waals surface area contributed by atoms with Crippen LogP contribution < -0.4 is 5.73 Å². The first-order valence-electron chi connectivity index (χ1n) is 3.41. The van der Waals surface area contributed by atoms with Crippen molar-refractivity contribution in [2.24, 2.45) is 5.73 Å². The third-order valence-electron chi connectivity index (χ3n) is 1.41. The third-order valence-corrected chi connectivity index (χ3v) is 1.41. The van der Waals surface area contributed by atoms with Gasteiger partial charge in [-0.05, 0) is 0 Å². The van der Waals surface area contributed by atoms with Gasteiger partial charge in [-0.15, -0.1) is 0 Å². The Bertz CT molecular complexity index is 151. The molecule has 0 aliphatic heterocycles. The molecule has 0 aliphatic carbocycles. The van der Waals surface area contributed by atoms with Crippen LogP contribution in [0.1, 0.15) is 0 Å². The molecule has 0 saturated heterocycles. The van der Waals surface area contributed by atoms with Gasteiger partial charge in [-0.2, -0.15) is 0 Å². The van der Waals surface area contributed by atoms with Gasteiger partial charge in [-0.25, -0.2) is 0 Å². The van der Waals surface area contributed by atoms with E-state index >= 15 is 0 Å². The largest absolute Gasteiger partial charge is 0.394 e. The maximum Gasteiger partial charge on any atom is 0.182 e. The van der Waals surface area contributed by atoms with E-state index < -0.39 is 37.2 Å². The molecule has 0 bridgehead atoms. The maximum atomic E-state index is 10.9. The Balaban J connectivity index is 4.09. The van der Waals surface area contributed by atoms with Crippen molar-refractivity contribution < 1.29 is 25.2 Å². The Morgan fingerprint density at radius 1 is 1.25 bits per heavy atom. The minimum atomic E-state index is -1.74. The number of rotatable bonds is 5. The standard InChI is InChI=1S/C6H13NO5/c7-3(1-8)5(11)6(12)4(10)2-9/h3-4,6,8-10,12H,1-2,7H2/t3-,4+,6+/m0/s1/i1+1,7+1. The number of aliphatic hydroxyl groups excluding tert-OH is 4. The van der Waals surface area contributed by atoms with Gasteiger partial charge in [-0.1, -0.05) is 0 Å². The van der Waals surface area contributed by atoms with Gasteiger partial charge in [0.2, 0.25) is 0 Å². The summed E-state index contributed by atoms with van der Waals surface area (Å²) in [5.41, 5.74) is 5.06. The van der Waals surface area contributed by atoms with Gasteiger partial charge in [0.15, 0.2) is 5.78 Å². The molecule has 0 rings (SSSR count). The zero-order valence-corrected chi connectivity index (χ0v) is 6.42. The molecule has 0 radical (unpaired) electrons. The number of carbonyl (C=O) groups is 1. The highest BCUT2D eigenvalue weighted by molar-refractivity contribution is 5.88. The summed E-state index contributed by atoms with van der Waals surface area (Å²) >= 11 is 0. The molecule has 12 heavy (non-hydrogen) atoms. The Kier molecular flexibility index (Phi) is 4.95. The first kappa shape index (κ1) is 11.5. The van der Waals surface area contributed by atoms with Crippen molar-refractivity contribution in [2.75, 3.05) is 13.2 Å². The van der Waals surface area contributed by atoms with Crippen LogP contribution >= 0.6 is 0 Å². The first-order chi connectivity index (χ1) is 5.54.